The summed E-state index contributed by atoms with van der Waals surface area (Å²) in [6.45, 7) is 0. The summed E-state index contributed by atoms with van der Waals surface area (Å²) >= 11 is 0. The van der Waals surface area contributed by atoms with Crippen LogP contribution in [0.3, 0.4) is 0 Å². The van der Waals surface area contributed by atoms with Crippen molar-refractivity contribution in [2.75, 3.05) is 10.4 Å². The van der Waals surface area contributed by atoms with E-state index in [0.29, 0.717) is 5.71 Å². The summed E-state index contributed by atoms with van der Waals surface area (Å²) in [7, 11) is 0. The third kappa shape index (κ3) is 4.37. The van der Waals surface area contributed by atoms with Crippen molar-refractivity contribution in [1.29, 1.82) is 5.41 Å². The highest BCUT2D eigenvalue weighted by Gasteiger charge is 2.21. The molecule has 0 unspecified atom stereocenters. The standard InChI is InChI=1S/C39H27N3O/c40-39(27-11-2-1-3-12-27)32-14-5-7-15-34(32)41-42-35-16-8-4-10-26(35)18-19-30-24-28(20-22-36(30)42)29-21-23-38-33(25-29)31-13-6-9-17-37(31)43-38/h1-25,40-41H. The summed E-state index contributed by atoms with van der Waals surface area (Å²) in [5.74, 6) is 0. The van der Waals surface area contributed by atoms with Gasteiger partial charge in [-0.3, -0.25) is 15.8 Å². The number of furan rings is 1. The molecule has 0 spiro atoms. The van der Waals surface area contributed by atoms with Gasteiger partial charge in [-0.15, -0.1) is 0 Å². The lowest BCUT2D eigenvalue weighted by molar-refractivity contribution is 0.669. The van der Waals surface area contributed by atoms with E-state index in [2.05, 4.69) is 95.4 Å². The van der Waals surface area contributed by atoms with Gasteiger partial charge in [0.2, 0.25) is 0 Å². The second-order valence-electron chi connectivity index (χ2n) is 10.7. The first-order valence-corrected chi connectivity index (χ1v) is 14.4. The van der Waals surface area contributed by atoms with E-state index in [9.17, 15) is 0 Å². The molecule has 43 heavy (non-hydrogen) atoms. The van der Waals surface area contributed by atoms with E-state index in [-0.39, 0.29) is 0 Å². The average molecular weight is 554 g/mol. The van der Waals surface area contributed by atoms with Gasteiger partial charge in [0.25, 0.3) is 0 Å². The van der Waals surface area contributed by atoms with Crippen LogP contribution in [0.5, 0.6) is 0 Å². The first kappa shape index (κ1) is 24.9. The molecule has 4 heteroatoms. The van der Waals surface area contributed by atoms with Crippen molar-refractivity contribution in [3.63, 3.8) is 0 Å². The quantitative estimate of drug-likeness (QED) is 0.209. The Hall–Kier alpha value is -5.87. The van der Waals surface area contributed by atoms with Crippen LogP contribution in [-0.2, 0) is 0 Å². The fraction of sp³-hybridized carbons (Fsp3) is 0. The highest BCUT2D eigenvalue weighted by atomic mass is 16.3. The van der Waals surface area contributed by atoms with Crippen LogP contribution in [0.15, 0.2) is 144 Å². The Morgan fingerprint density at radius 3 is 2.16 bits per heavy atom. The van der Waals surface area contributed by atoms with E-state index >= 15 is 0 Å². The summed E-state index contributed by atoms with van der Waals surface area (Å²) < 4.78 is 6.07. The average Bonchev–Trinajstić information content (AvgIpc) is 3.37. The van der Waals surface area contributed by atoms with Crippen molar-refractivity contribution in [2.24, 2.45) is 0 Å². The lowest BCUT2D eigenvalue weighted by Crippen LogP contribution is -2.26. The van der Waals surface area contributed by atoms with Gasteiger partial charge in [0.05, 0.1) is 22.8 Å². The van der Waals surface area contributed by atoms with Crippen molar-refractivity contribution < 1.29 is 4.42 Å². The van der Waals surface area contributed by atoms with Gasteiger partial charge in [-0.2, -0.15) is 0 Å². The molecule has 0 saturated carbocycles. The fourth-order valence-electron chi connectivity index (χ4n) is 5.92. The molecule has 0 aliphatic carbocycles. The van der Waals surface area contributed by atoms with Crippen LogP contribution in [0, 0.1) is 5.41 Å². The summed E-state index contributed by atoms with van der Waals surface area (Å²) in [5, 5.41) is 13.4. The Morgan fingerprint density at radius 1 is 0.558 bits per heavy atom. The maximum atomic E-state index is 9.00. The number of nitrogens with zero attached hydrogens (tertiary/aromatic N) is 1. The highest BCUT2D eigenvalue weighted by molar-refractivity contribution is 6.14. The first-order chi connectivity index (χ1) is 21.2. The van der Waals surface area contributed by atoms with Gasteiger partial charge in [-0.25, -0.2) is 0 Å². The number of fused-ring (bicyclic) bond motifs is 5. The number of anilines is 3. The molecule has 6 aromatic carbocycles. The third-order valence-electron chi connectivity index (χ3n) is 8.09. The van der Waals surface area contributed by atoms with Gasteiger partial charge in [0.15, 0.2) is 0 Å². The molecule has 204 valence electrons. The van der Waals surface area contributed by atoms with Crippen LogP contribution in [0.1, 0.15) is 22.3 Å². The molecular formula is C39H27N3O. The number of rotatable bonds is 5. The zero-order valence-corrected chi connectivity index (χ0v) is 23.3. The van der Waals surface area contributed by atoms with E-state index in [0.717, 1.165) is 72.4 Å². The molecule has 0 atom stereocenters. The maximum absolute atomic E-state index is 9.00. The Bertz CT molecular complexity index is 2190. The predicted octanol–water partition coefficient (Wildman–Crippen LogP) is 10.3. The number of benzene rings is 6. The lowest BCUT2D eigenvalue weighted by Gasteiger charge is -2.29. The van der Waals surface area contributed by atoms with E-state index in [1.165, 1.54) is 0 Å². The topological polar surface area (TPSA) is 52.3 Å². The van der Waals surface area contributed by atoms with Crippen LogP contribution in [-0.4, -0.2) is 5.71 Å². The Morgan fingerprint density at radius 2 is 1.23 bits per heavy atom. The van der Waals surface area contributed by atoms with Crippen LogP contribution in [0.25, 0.3) is 45.2 Å². The van der Waals surface area contributed by atoms with E-state index in [1.807, 2.05) is 66.7 Å². The lowest BCUT2D eigenvalue weighted by atomic mass is 9.99. The van der Waals surface area contributed by atoms with Crippen molar-refractivity contribution in [3.05, 3.63) is 162 Å². The molecule has 8 rings (SSSR count). The second kappa shape index (κ2) is 10.2. The van der Waals surface area contributed by atoms with Crippen LogP contribution in [0.2, 0.25) is 0 Å². The van der Waals surface area contributed by atoms with Crippen molar-refractivity contribution in [1.82, 2.24) is 0 Å². The molecule has 1 aromatic heterocycles. The number of hydrazine groups is 1. The SMILES string of the molecule is N=C(c1ccccc1)c1ccccc1NN1c2ccccc2C=Cc2cc(-c3ccc4oc5ccccc5c4c3)ccc21. The Balaban J connectivity index is 1.22. The summed E-state index contributed by atoms with van der Waals surface area (Å²) in [6, 6.07) is 47.5. The molecule has 0 radical (unpaired) electrons. The van der Waals surface area contributed by atoms with Crippen molar-refractivity contribution >= 4 is 56.9 Å². The minimum Gasteiger partial charge on any atom is -0.456 e. The normalized spacial score (nSPS) is 12.1. The number of nitrogens with one attached hydrogen (secondary N) is 2. The molecule has 4 nitrogen and oxygen atoms in total. The summed E-state index contributed by atoms with van der Waals surface area (Å²) in [5.41, 5.74) is 15.1. The molecule has 1 aliphatic rings. The molecule has 7 aromatic rings. The Kier molecular flexibility index (Phi) is 5.90. The molecule has 0 fully saturated rings. The largest absolute Gasteiger partial charge is 0.456 e. The van der Waals surface area contributed by atoms with Crippen LogP contribution >= 0.6 is 0 Å². The molecular weight excluding hydrogens is 526 g/mol. The zero-order chi connectivity index (χ0) is 28.8. The van der Waals surface area contributed by atoms with Gasteiger partial charge in [-0.1, -0.05) is 109 Å². The van der Waals surface area contributed by atoms with Gasteiger partial charge in [0.1, 0.15) is 11.2 Å². The van der Waals surface area contributed by atoms with Gasteiger partial charge in [-0.05, 0) is 53.6 Å². The van der Waals surface area contributed by atoms with Crippen LogP contribution < -0.4 is 10.4 Å². The minimum absolute atomic E-state index is 0.475. The molecule has 0 saturated heterocycles. The minimum atomic E-state index is 0.475. The van der Waals surface area contributed by atoms with E-state index in [1.54, 1.807) is 0 Å². The Labute approximate surface area is 249 Å². The third-order valence-corrected chi connectivity index (χ3v) is 8.09. The van der Waals surface area contributed by atoms with Crippen molar-refractivity contribution in [3.8, 4) is 11.1 Å². The number of hydrogen-bond donors (Lipinski definition) is 2. The molecule has 2 heterocycles. The highest BCUT2D eigenvalue weighted by Crippen LogP contribution is 2.40. The van der Waals surface area contributed by atoms with Gasteiger partial charge in [0, 0.05) is 33.0 Å². The number of para-hydroxylation sites is 3. The second-order valence-corrected chi connectivity index (χ2v) is 10.7. The van der Waals surface area contributed by atoms with E-state index in [4.69, 9.17) is 9.83 Å². The van der Waals surface area contributed by atoms with Crippen LogP contribution in [0.4, 0.5) is 17.1 Å². The molecule has 0 bridgehead atoms. The molecule has 2 N–H and O–H groups in total. The summed E-state index contributed by atoms with van der Waals surface area (Å²) in [4.78, 5) is 0. The van der Waals surface area contributed by atoms with Gasteiger partial charge < -0.3 is 4.42 Å². The first-order valence-electron chi connectivity index (χ1n) is 14.4. The fourth-order valence-corrected chi connectivity index (χ4v) is 5.92. The summed E-state index contributed by atoms with van der Waals surface area (Å²) in [6.07, 6.45) is 4.35. The van der Waals surface area contributed by atoms with Crippen molar-refractivity contribution in [2.45, 2.75) is 0 Å². The maximum Gasteiger partial charge on any atom is 0.135 e. The predicted molar refractivity (Wildman–Crippen MR) is 179 cm³/mol. The molecule has 1 aliphatic heterocycles. The zero-order valence-electron chi connectivity index (χ0n) is 23.3. The number of hydrogen-bond acceptors (Lipinski definition) is 4. The van der Waals surface area contributed by atoms with E-state index < -0.39 is 0 Å². The smallest absolute Gasteiger partial charge is 0.135 e. The van der Waals surface area contributed by atoms with Gasteiger partial charge >= 0.3 is 0 Å². The molecule has 0 amide bonds. The monoisotopic (exact) mass is 553 g/mol.